The van der Waals surface area contributed by atoms with Gasteiger partial charge in [-0.25, -0.2) is 4.39 Å². The lowest BCUT2D eigenvalue weighted by atomic mass is 10.0. The molecule has 0 saturated carbocycles. The van der Waals surface area contributed by atoms with Gasteiger partial charge in [-0.3, -0.25) is 4.98 Å². The third kappa shape index (κ3) is 3.52. The predicted octanol–water partition coefficient (Wildman–Crippen LogP) is 3.27. The highest BCUT2D eigenvalue weighted by Crippen LogP contribution is 2.27. The van der Waals surface area contributed by atoms with E-state index in [2.05, 4.69) is 20.9 Å². The van der Waals surface area contributed by atoms with Crippen molar-refractivity contribution >= 4 is 15.9 Å². The maximum atomic E-state index is 13.1. The van der Waals surface area contributed by atoms with Gasteiger partial charge < -0.3 is 9.84 Å². The summed E-state index contributed by atoms with van der Waals surface area (Å²) in [5, 5.41) is 10.1. The molecule has 2 aromatic rings. The zero-order valence-corrected chi connectivity index (χ0v) is 11.9. The fourth-order valence-electron chi connectivity index (χ4n) is 1.77. The van der Waals surface area contributed by atoms with Crippen LogP contribution in [0.3, 0.4) is 0 Å². The van der Waals surface area contributed by atoms with Crippen LogP contribution >= 0.6 is 15.9 Å². The first kappa shape index (κ1) is 14.0. The van der Waals surface area contributed by atoms with E-state index in [-0.39, 0.29) is 0 Å². The van der Waals surface area contributed by atoms with Gasteiger partial charge in [0.25, 0.3) is 0 Å². The van der Waals surface area contributed by atoms with Gasteiger partial charge in [0.05, 0.1) is 19.4 Å². The van der Waals surface area contributed by atoms with Crippen LogP contribution in [0.1, 0.15) is 17.2 Å². The molecule has 0 saturated heterocycles. The number of rotatable bonds is 4. The summed E-state index contributed by atoms with van der Waals surface area (Å²) < 4.78 is 19.1. The van der Waals surface area contributed by atoms with E-state index in [1.165, 1.54) is 12.3 Å². The highest BCUT2D eigenvalue weighted by Gasteiger charge is 2.12. The Hall–Kier alpha value is -1.46. The first-order valence-electron chi connectivity index (χ1n) is 5.71. The van der Waals surface area contributed by atoms with Gasteiger partial charge in [0, 0.05) is 22.7 Å². The van der Waals surface area contributed by atoms with E-state index >= 15 is 0 Å². The van der Waals surface area contributed by atoms with Crippen molar-refractivity contribution in [3.8, 4) is 5.75 Å². The molecule has 0 aliphatic heterocycles. The number of hydrogen-bond donors (Lipinski definition) is 1. The van der Waals surface area contributed by atoms with Crippen LogP contribution in [0.5, 0.6) is 5.75 Å². The summed E-state index contributed by atoms with van der Waals surface area (Å²) >= 11 is 3.42. The molecule has 5 heteroatoms. The van der Waals surface area contributed by atoms with Gasteiger partial charge in [-0.2, -0.15) is 0 Å². The van der Waals surface area contributed by atoms with Crippen LogP contribution in [-0.2, 0) is 6.42 Å². The monoisotopic (exact) mass is 325 g/mol. The van der Waals surface area contributed by atoms with Crippen LogP contribution in [0.25, 0.3) is 0 Å². The predicted molar refractivity (Wildman–Crippen MR) is 73.6 cm³/mol. The number of methoxy groups -OCH3 is 1. The molecule has 3 nitrogen and oxygen atoms in total. The smallest absolute Gasteiger partial charge is 0.141 e. The molecule has 1 N–H and O–H groups in total. The number of aliphatic hydroxyl groups is 1. The summed E-state index contributed by atoms with van der Waals surface area (Å²) in [6.07, 6.45) is 2.11. The second-order valence-electron chi connectivity index (χ2n) is 4.11. The van der Waals surface area contributed by atoms with Crippen LogP contribution in [0, 0.1) is 5.82 Å². The fourth-order valence-corrected chi connectivity index (χ4v) is 2.18. The minimum Gasteiger partial charge on any atom is -0.497 e. The Bertz CT molecular complexity index is 577. The van der Waals surface area contributed by atoms with E-state index in [9.17, 15) is 9.50 Å². The van der Waals surface area contributed by atoms with Crippen molar-refractivity contribution in [3.05, 3.63) is 58.1 Å². The summed E-state index contributed by atoms with van der Waals surface area (Å²) in [7, 11) is 1.58. The summed E-state index contributed by atoms with van der Waals surface area (Å²) in [4.78, 5) is 3.73. The Kier molecular flexibility index (Phi) is 4.50. The normalized spacial score (nSPS) is 12.2. The van der Waals surface area contributed by atoms with Gasteiger partial charge >= 0.3 is 0 Å². The van der Waals surface area contributed by atoms with Crippen molar-refractivity contribution in [2.75, 3.05) is 7.11 Å². The molecule has 2 rings (SSSR count). The van der Waals surface area contributed by atoms with Crippen molar-refractivity contribution in [1.29, 1.82) is 0 Å². The van der Waals surface area contributed by atoms with Gasteiger partial charge in [0.2, 0.25) is 0 Å². The molecule has 1 aromatic carbocycles. The molecular formula is C14H13BrFNO2. The summed E-state index contributed by atoms with van der Waals surface area (Å²) in [6, 6.07) is 6.79. The third-order valence-electron chi connectivity index (χ3n) is 2.78. The van der Waals surface area contributed by atoms with Gasteiger partial charge in [0.15, 0.2) is 0 Å². The maximum absolute atomic E-state index is 13.1. The number of nitrogens with zero attached hydrogens (tertiary/aromatic N) is 1. The average molecular weight is 326 g/mol. The SMILES string of the molecule is COc1ccc(Br)c(CC(O)c2cncc(F)c2)c1. The van der Waals surface area contributed by atoms with Crippen LogP contribution in [-0.4, -0.2) is 17.2 Å². The van der Waals surface area contributed by atoms with Gasteiger partial charge in [-0.15, -0.1) is 0 Å². The summed E-state index contributed by atoms with van der Waals surface area (Å²) in [5.41, 5.74) is 1.34. The first-order valence-corrected chi connectivity index (χ1v) is 6.50. The number of aliphatic hydroxyl groups excluding tert-OH is 1. The molecule has 1 unspecified atom stereocenters. The maximum Gasteiger partial charge on any atom is 0.141 e. The van der Waals surface area contributed by atoms with E-state index in [1.807, 2.05) is 18.2 Å². The first-order chi connectivity index (χ1) is 9.10. The van der Waals surface area contributed by atoms with E-state index in [4.69, 9.17) is 4.74 Å². The Labute approximate surface area is 119 Å². The van der Waals surface area contributed by atoms with Gasteiger partial charge in [-0.05, 0) is 29.8 Å². The Morgan fingerprint density at radius 1 is 1.37 bits per heavy atom. The molecule has 0 bridgehead atoms. The molecule has 0 aliphatic carbocycles. The lowest BCUT2D eigenvalue weighted by Gasteiger charge is -2.13. The lowest BCUT2D eigenvalue weighted by molar-refractivity contribution is 0.177. The molecule has 0 radical (unpaired) electrons. The van der Waals surface area contributed by atoms with E-state index in [0.29, 0.717) is 17.7 Å². The number of benzene rings is 1. The minimum absolute atomic E-state index is 0.350. The Morgan fingerprint density at radius 2 is 2.16 bits per heavy atom. The zero-order chi connectivity index (χ0) is 13.8. The van der Waals surface area contributed by atoms with Crippen molar-refractivity contribution < 1.29 is 14.2 Å². The lowest BCUT2D eigenvalue weighted by Crippen LogP contribution is -2.03. The molecule has 0 amide bonds. The number of pyridine rings is 1. The van der Waals surface area contributed by atoms with Gasteiger partial charge in [-0.1, -0.05) is 15.9 Å². The molecule has 0 aliphatic rings. The van der Waals surface area contributed by atoms with E-state index in [1.54, 1.807) is 7.11 Å². The highest BCUT2D eigenvalue weighted by atomic mass is 79.9. The molecule has 0 fully saturated rings. The number of halogens is 2. The molecular weight excluding hydrogens is 313 g/mol. The molecule has 0 spiro atoms. The third-order valence-corrected chi connectivity index (χ3v) is 3.55. The number of hydrogen-bond acceptors (Lipinski definition) is 3. The second kappa shape index (κ2) is 6.12. The van der Waals surface area contributed by atoms with Gasteiger partial charge in [0.1, 0.15) is 11.6 Å². The van der Waals surface area contributed by atoms with Crippen LogP contribution < -0.4 is 4.74 Å². The number of aromatic nitrogens is 1. The van der Waals surface area contributed by atoms with Crippen molar-refractivity contribution in [1.82, 2.24) is 4.98 Å². The quantitative estimate of drug-likeness (QED) is 0.938. The molecule has 1 aromatic heterocycles. The Balaban J connectivity index is 2.21. The zero-order valence-electron chi connectivity index (χ0n) is 10.3. The largest absolute Gasteiger partial charge is 0.497 e. The summed E-state index contributed by atoms with van der Waals surface area (Å²) in [5.74, 6) is 0.254. The highest BCUT2D eigenvalue weighted by molar-refractivity contribution is 9.10. The standard InChI is InChI=1S/C14H13BrFNO2/c1-19-12-2-3-13(15)9(5-12)6-14(18)10-4-11(16)8-17-7-10/h2-5,7-8,14,18H,6H2,1H3. The molecule has 19 heavy (non-hydrogen) atoms. The molecule has 1 atom stereocenters. The Morgan fingerprint density at radius 3 is 2.84 bits per heavy atom. The molecule has 1 heterocycles. The number of ether oxygens (including phenoxy) is 1. The second-order valence-corrected chi connectivity index (χ2v) is 4.97. The van der Waals surface area contributed by atoms with Crippen molar-refractivity contribution in [2.24, 2.45) is 0 Å². The summed E-state index contributed by atoms with van der Waals surface area (Å²) in [6.45, 7) is 0. The minimum atomic E-state index is -0.813. The van der Waals surface area contributed by atoms with Crippen molar-refractivity contribution in [2.45, 2.75) is 12.5 Å². The topological polar surface area (TPSA) is 42.4 Å². The molecule has 100 valence electrons. The van der Waals surface area contributed by atoms with Crippen molar-refractivity contribution in [3.63, 3.8) is 0 Å². The van der Waals surface area contributed by atoms with E-state index in [0.717, 1.165) is 16.2 Å². The van der Waals surface area contributed by atoms with E-state index < -0.39 is 11.9 Å². The van der Waals surface area contributed by atoms with Crippen LogP contribution in [0.2, 0.25) is 0 Å². The fraction of sp³-hybridized carbons (Fsp3) is 0.214. The van der Waals surface area contributed by atoms with Crippen LogP contribution in [0.15, 0.2) is 41.1 Å². The average Bonchev–Trinajstić information content (AvgIpc) is 2.41. The van der Waals surface area contributed by atoms with Crippen LogP contribution in [0.4, 0.5) is 4.39 Å².